The van der Waals surface area contributed by atoms with Crippen LogP contribution in [0, 0.1) is 6.92 Å². The molecule has 0 spiro atoms. The van der Waals surface area contributed by atoms with E-state index in [0.717, 1.165) is 10.9 Å². The molecule has 1 nitrogen and oxygen atoms in total. The first kappa shape index (κ1) is 14.6. The fraction of sp³-hybridized carbons (Fsp3) is 0.368. The van der Waals surface area contributed by atoms with Gasteiger partial charge in [-0.1, -0.05) is 48.0 Å². The van der Waals surface area contributed by atoms with E-state index in [1.54, 1.807) is 0 Å². The summed E-state index contributed by atoms with van der Waals surface area (Å²) in [6.07, 6.45) is 2.48. The van der Waals surface area contributed by atoms with Crippen LogP contribution in [0.15, 0.2) is 48.5 Å². The van der Waals surface area contributed by atoms with E-state index in [2.05, 4.69) is 55.6 Å². The highest BCUT2D eigenvalue weighted by molar-refractivity contribution is 6.30. The molecular weight excluding hydrogens is 278 g/mol. The summed E-state index contributed by atoms with van der Waals surface area (Å²) < 4.78 is 0. The Bertz CT molecular complexity index is 599. The predicted molar refractivity (Wildman–Crippen MR) is 89.9 cm³/mol. The Morgan fingerprint density at radius 1 is 1.05 bits per heavy atom. The number of nitrogens with one attached hydrogen (secondary N) is 1. The van der Waals surface area contributed by atoms with Crippen LogP contribution in [0.3, 0.4) is 0 Å². The number of rotatable bonds is 4. The number of aryl methyl sites for hydroxylation is 1. The predicted octanol–water partition coefficient (Wildman–Crippen LogP) is 5.25. The zero-order valence-corrected chi connectivity index (χ0v) is 13.4. The molecule has 1 aliphatic rings. The summed E-state index contributed by atoms with van der Waals surface area (Å²) in [5.74, 6) is 0.723. The molecule has 3 rings (SSSR count). The quantitative estimate of drug-likeness (QED) is 0.813. The molecule has 21 heavy (non-hydrogen) atoms. The topological polar surface area (TPSA) is 12.0 Å². The molecule has 0 saturated heterocycles. The van der Waals surface area contributed by atoms with Crippen molar-refractivity contribution in [2.75, 3.05) is 0 Å². The molecule has 1 N–H and O–H groups in total. The maximum absolute atomic E-state index is 5.94. The minimum Gasteiger partial charge on any atom is -0.307 e. The summed E-state index contributed by atoms with van der Waals surface area (Å²) in [4.78, 5) is 0. The minimum atomic E-state index is 0.380. The standard InChI is InChI=1S/C19H22ClN/c1-13-5-3-4-6-19(13)16-11-18(12-16)21-14(2)15-7-9-17(20)10-8-15/h3-10,14,16,18,21H,11-12H2,1-2H3/t14-,16?,18?/m0/s1. The summed E-state index contributed by atoms with van der Waals surface area (Å²) in [5, 5.41) is 4.53. The summed E-state index contributed by atoms with van der Waals surface area (Å²) in [6, 6.07) is 17.9. The smallest absolute Gasteiger partial charge is 0.0406 e. The van der Waals surface area contributed by atoms with Crippen molar-refractivity contribution in [3.8, 4) is 0 Å². The van der Waals surface area contributed by atoms with Gasteiger partial charge in [0.05, 0.1) is 0 Å². The molecule has 0 unspecified atom stereocenters. The second-order valence-corrected chi connectivity index (χ2v) is 6.60. The molecule has 1 fully saturated rings. The molecule has 0 aromatic heterocycles. The van der Waals surface area contributed by atoms with Crippen LogP contribution in [0.5, 0.6) is 0 Å². The molecule has 0 aliphatic heterocycles. The van der Waals surface area contributed by atoms with E-state index >= 15 is 0 Å². The zero-order chi connectivity index (χ0) is 14.8. The fourth-order valence-corrected chi connectivity index (χ4v) is 3.38. The second-order valence-electron chi connectivity index (χ2n) is 6.16. The van der Waals surface area contributed by atoms with Crippen molar-refractivity contribution in [1.82, 2.24) is 5.32 Å². The van der Waals surface area contributed by atoms with Crippen molar-refractivity contribution in [3.63, 3.8) is 0 Å². The van der Waals surface area contributed by atoms with E-state index in [0.29, 0.717) is 12.1 Å². The molecular formula is C19H22ClN. The van der Waals surface area contributed by atoms with Gasteiger partial charge in [-0.2, -0.15) is 0 Å². The van der Waals surface area contributed by atoms with Crippen LogP contribution in [0.25, 0.3) is 0 Å². The first-order valence-electron chi connectivity index (χ1n) is 7.70. The summed E-state index contributed by atoms with van der Waals surface area (Å²) in [5.41, 5.74) is 4.25. The van der Waals surface area contributed by atoms with Crippen LogP contribution in [0.2, 0.25) is 5.02 Å². The van der Waals surface area contributed by atoms with Gasteiger partial charge in [-0.15, -0.1) is 0 Å². The second kappa shape index (κ2) is 6.21. The minimum absolute atomic E-state index is 0.380. The van der Waals surface area contributed by atoms with Crippen molar-refractivity contribution in [2.45, 2.75) is 44.7 Å². The van der Waals surface area contributed by atoms with Gasteiger partial charge < -0.3 is 5.32 Å². The zero-order valence-electron chi connectivity index (χ0n) is 12.6. The van der Waals surface area contributed by atoms with Crippen molar-refractivity contribution in [2.24, 2.45) is 0 Å². The molecule has 2 aromatic carbocycles. The molecule has 1 atom stereocenters. The Labute approximate surface area is 132 Å². The maximum atomic E-state index is 5.94. The van der Waals surface area contributed by atoms with Crippen LogP contribution in [0.1, 0.15) is 48.4 Å². The lowest BCUT2D eigenvalue weighted by Crippen LogP contribution is -2.41. The average Bonchev–Trinajstić information content (AvgIpc) is 2.44. The van der Waals surface area contributed by atoms with E-state index < -0.39 is 0 Å². The Hall–Kier alpha value is -1.31. The fourth-order valence-electron chi connectivity index (χ4n) is 3.25. The molecule has 0 bridgehead atoms. The van der Waals surface area contributed by atoms with Crippen LogP contribution >= 0.6 is 11.6 Å². The van der Waals surface area contributed by atoms with Crippen molar-refractivity contribution in [1.29, 1.82) is 0 Å². The molecule has 2 aromatic rings. The van der Waals surface area contributed by atoms with Crippen molar-refractivity contribution >= 4 is 11.6 Å². The van der Waals surface area contributed by atoms with Gasteiger partial charge in [-0.25, -0.2) is 0 Å². The third-order valence-electron chi connectivity index (χ3n) is 4.62. The van der Waals surface area contributed by atoms with Gasteiger partial charge in [0.25, 0.3) is 0 Å². The van der Waals surface area contributed by atoms with Crippen LogP contribution in [-0.4, -0.2) is 6.04 Å². The Morgan fingerprint density at radius 2 is 1.71 bits per heavy atom. The third-order valence-corrected chi connectivity index (χ3v) is 4.87. The third kappa shape index (κ3) is 3.30. The van der Waals surface area contributed by atoms with Gasteiger partial charge in [-0.05, 0) is 61.4 Å². The Balaban J connectivity index is 1.55. The molecule has 2 heteroatoms. The molecule has 0 radical (unpaired) electrons. The average molecular weight is 300 g/mol. The first-order chi connectivity index (χ1) is 10.1. The largest absolute Gasteiger partial charge is 0.307 e. The van der Waals surface area contributed by atoms with E-state index in [1.165, 1.54) is 29.5 Å². The number of hydrogen-bond acceptors (Lipinski definition) is 1. The van der Waals surface area contributed by atoms with E-state index in [-0.39, 0.29) is 0 Å². The Morgan fingerprint density at radius 3 is 2.38 bits per heavy atom. The van der Waals surface area contributed by atoms with Crippen molar-refractivity contribution < 1.29 is 0 Å². The summed E-state index contributed by atoms with van der Waals surface area (Å²) in [7, 11) is 0. The maximum Gasteiger partial charge on any atom is 0.0406 e. The molecule has 1 saturated carbocycles. The molecule has 1 aliphatic carbocycles. The molecule has 0 heterocycles. The normalized spacial score (nSPS) is 22.6. The van der Waals surface area contributed by atoms with Crippen LogP contribution in [0.4, 0.5) is 0 Å². The number of hydrogen-bond donors (Lipinski definition) is 1. The highest BCUT2D eigenvalue weighted by Crippen LogP contribution is 2.39. The van der Waals surface area contributed by atoms with Gasteiger partial charge in [0.2, 0.25) is 0 Å². The van der Waals surface area contributed by atoms with Gasteiger partial charge in [0, 0.05) is 17.1 Å². The Kier molecular flexibility index (Phi) is 4.32. The molecule has 0 amide bonds. The SMILES string of the molecule is Cc1ccccc1C1CC(N[C@@H](C)c2ccc(Cl)cc2)C1. The lowest BCUT2D eigenvalue weighted by Gasteiger charge is -2.39. The number of halogens is 1. The van der Waals surface area contributed by atoms with Crippen molar-refractivity contribution in [3.05, 3.63) is 70.2 Å². The van der Waals surface area contributed by atoms with Gasteiger partial charge in [0.15, 0.2) is 0 Å². The molecule has 110 valence electrons. The van der Waals surface area contributed by atoms with Gasteiger partial charge in [0.1, 0.15) is 0 Å². The lowest BCUT2D eigenvalue weighted by molar-refractivity contribution is 0.270. The van der Waals surface area contributed by atoms with Gasteiger partial charge in [-0.3, -0.25) is 0 Å². The van der Waals surface area contributed by atoms with E-state index in [4.69, 9.17) is 11.6 Å². The van der Waals surface area contributed by atoms with E-state index in [1.807, 2.05) is 12.1 Å². The van der Waals surface area contributed by atoms with Crippen LogP contribution in [-0.2, 0) is 0 Å². The highest BCUT2D eigenvalue weighted by atomic mass is 35.5. The van der Waals surface area contributed by atoms with E-state index in [9.17, 15) is 0 Å². The monoisotopic (exact) mass is 299 g/mol. The first-order valence-corrected chi connectivity index (χ1v) is 8.08. The van der Waals surface area contributed by atoms with Gasteiger partial charge >= 0.3 is 0 Å². The highest BCUT2D eigenvalue weighted by Gasteiger charge is 2.31. The number of benzene rings is 2. The summed E-state index contributed by atoms with van der Waals surface area (Å²) in [6.45, 7) is 4.44. The summed E-state index contributed by atoms with van der Waals surface area (Å²) >= 11 is 5.94. The van der Waals surface area contributed by atoms with Crippen LogP contribution < -0.4 is 5.32 Å². The lowest BCUT2D eigenvalue weighted by atomic mass is 9.74.